The number of hydrogen-bond acceptors (Lipinski definition) is 5. The summed E-state index contributed by atoms with van der Waals surface area (Å²) in [6.07, 6.45) is 1.89. The predicted molar refractivity (Wildman–Crippen MR) is 210 cm³/mol. The molecule has 51 heavy (non-hydrogen) atoms. The first-order valence-electron chi connectivity index (χ1n) is 16.9. The number of rotatable bonds is 4. The monoisotopic (exact) mass is 670 g/mol. The number of fused-ring (bicyclic) bond motifs is 12. The molecule has 6 nitrogen and oxygen atoms in total. The zero-order valence-electron chi connectivity index (χ0n) is 27.1. The standard InChI is InChI=1S/C44H26N6S/c1-4-15-27(16-5-1)41-46-42(28-17-6-2-7-18-28)48-44(47-41)50-34-25-13-11-22-31(34)36-39(50)35-30-21-10-12-24-33(30)49(29-19-8-3-9-20-29)38(35)37-32-23-14-26-45-43(32)51-40(36)37/h1-26H. The summed E-state index contributed by atoms with van der Waals surface area (Å²) in [6.45, 7) is 0. The van der Waals surface area contributed by atoms with Crippen molar-refractivity contribution in [3.8, 4) is 34.4 Å². The largest absolute Gasteiger partial charge is 0.308 e. The molecule has 238 valence electrons. The van der Waals surface area contributed by atoms with Gasteiger partial charge in [-0.1, -0.05) is 115 Å². The third-order valence-corrected chi connectivity index (χ3v) is 10.9. The van der Waals surface area contributed by atoms with Crippen LogP contribution in [0, 0.1) is 0 Å². The predicted octanol–water partition coefficient (Wildman–Crippen LogP) is 11.2. The lowest BCUT2D eigenvalue weighted by atomic mass is 10.0. The lowest BCUT2D eigenvalue weighted by Gasteiger charge is -2.12. The van der Waals surface area contributed by atoms with Crippen molar-refractivity contribution in [2.75, 3.05) is 0 Å². The average Bonchev–Trinajstić information content (AvgIpc) is 3.87. The van der Waals surface area contributed by atoms with Crippen molar-refractivity contribution in [1.82, 2.24) is 29.1 Å². The van der Waals surface area contributed by atoms with Gasteiger partial charge < -0.3 is 4.57 Å². The van der Waals surface area contributed by atoms with E-state index in [2.05, 4.69) is 118 Å². The van der Waals surface area contributed by atoms with Crippen LogP contribution in [0.25, 0.3) is 98.3 Å². The van der Waals surface area contributed by atoms with Crippen molar-refractivity contribution >= 4 is 75.3 Å². The van der Waals surface area contributed by atoms with E-state index in [-0.39, 0.29) is 0 Å². The van der Waals surface area contributed by atoms with E-state index in [1.807, 2.05) is 48.7 Å². The summed E-state index contributed by atoms with van der Waals surface area (Å²) in [7, 11) is 0. The maximum atomic E-state index is 5.27. The zero-order valence-corrected chi connectivity index (χ0v) is 27.9. The highest BCUT2D eigenvalue weighted by atomic mass is 32.1. The van der Waals surface area contributed by atoms with E-state index in [1.54, 1.807) is 11.3 Å². The minimum absolute atomic E-state index is 0.574. The first-order valence-corrected chi connectivity index (χ1v) is 17.7. The lowest BCUT2D eigenvalue weighted by Crippen LogP contribution is -2.06. The first kappa shape index (κ1) is 28.2. The fourth-order valence-corrected chi connectivity index (χ4v) is 8.92. The van der Waals surface area contributed by atoms with Gasteiger partial charge in [0.1, 0.15) is 4.83 Å². The molecular weight excluding hydrogens is 645 g/mol. The topological polar surface area (TPSA) is 61.4 Å². The lowest BCUT2D eigenvalue weighted by molar-refractivity contribution is 0.955. The maximum Gasteiger partial charge on any atom is 0.238 e. The van der Waals surface area contributed by atoms with Gasteiger partial charge in [-0.3, -0.25) is 4.57 Å². The van der Waals surface area contributed by atoms with E-state index in [9.17, 15) is 0 Å². The highest BCUT2D eigenvalue weighted by Gasteiger charge is 2.28. The Morgan fingerprint density at radius 1 is 0.431 bits per heavy atom. The summed E-state index contributed by atoms with van der Waals surface area (Å²) < 4.78 is 5.89. The summed E-state index contributed by atoms with van der Waals surface area (Å²) in [5.74, 6) is 1.83. The van der Waals surface area contributed by atoms with Crippen molar-refractivity contribution in [3.05, 3.63) is 158 Å². The summed E-state index contributed by atoms with van der Waals surface area (Å²) in [5.41, 5.74) is 7.36. The molecule has 0 saturated heterocycles. The Morgan fingerprint density at radius 2 is 0.941 bits per heavy atom. The molecule has 0 fully saturated rings. The second-order valence-corrected chi connectivity index (χ2v) is 13.7. The van der Waals surface area contributed by atoms with Gasteiger partial charge in [0.15, 0.2) is 11.6 Å². The molecule has 0 aliphatic carbocycles. The molecule has 0 aliphatic heterocycles. The molecule has 5 heterocycles. The van der Waals surface area contributed by atoms with Crippen LogP contribution in [0.1, 0.15) is 0 Å². The molecule has 0 spiro atoms. The van der Waals surface area contributed by atoms with Crippen LogP contribution in [0.2, 0.25) is 0 Å². The average molecular weight is 671 g/mol. The van der Waals surface area contributed by atoms with Gasteiger partial charge in [-0.15, -0.1) is 11.3 Å². The van der Waals surface area contributed by atoms with E-state index >= 15 is 0 Å². The minimum Gasteiger partial charge on any atom is -0.308 e. The minimum atomic E-state index is 0.574. The molecule has 0 atom stereocenters. The molecule has 7 heteroatoms. The van der Waals surface area contributed by atoms with E-state index < -0.39 is 0 Å². The molecule has 0 radical (unpaired) electrons. The summed E-state index contributed by atoms with van der Waals surface area (Å²) in [4.78, 5) is 21.5. The van der Waals surface area contributed by atoms with Crippen LogP contribution in [0.3, 0.4) is 0 Å². The van der Waals surface area contributed by atoms with E-state index in [0.717, 1.165) is 65.3 Å². The van der Waals surface area contributed by atoms with Crippen molar-refractivity contribution < 1.29 is 0 Å². The first-order chi connectivity index (χ1) is 25.3. The Hall–Kier alpha value is -6.70. The Morgan fingerprint density at radius 3 is 1.61 bits per heavy atom. The highest BCUT2D eigenvalue weighted by Crippen LogP contribution is 2.50. The van der Waals surface area contributed by atoms with Gasteiger partial charge >= 0.3 is 0 Å². The number of nitrogens with zero attached hydrogens (tertiary/aromatic N) is 6. The number of thiophene rings is 1. The third kappa shape index (κ3) is 4.09. The molecule has 0 unspecified atom stereocenters. The molecule has 6 aromatic carbocycles. The third-order valence-electron chi connectivity index (χ3n) is 9.82. The maximum absolute atomic E-state index is 5.27. The molecule has 0 bridgehead atoms. The van der Waals surface area contributed by atoms with E-state index in [0.29, 0.717) is 17.6 Å². The van der Waals surface area contributed by atoms with Gasteiger partial charge in [0.25, 0.3) is 0 Å². The SMILES string of the molecule is c1ccc(-c2nc(-c3ccccc3)nc(-n3c4ccccc4c4c5sc6ncccc6c5c5c(c6ccccc6n5-c5ccccc5)c43)n2)cc1. The Balaban J connectivity index is 1.41. The van der Waals surface area contributed by atoms with Crippen LogP contribution in [0.4, 0.5) is 0 Å². The Bertz CT molecular complexity index is 3070. The van der Waals surface area contributed by atoms with Crippen LogP contribution >= 0.6 is 11.3 Å². The normalized spacial score (nSPS) is 11.9. The summed E-state index contributed by atoms with van der Waals surface area (Å²) >= 11 is 1.75. The van der Waals surface area contributed by atoms with Gasteiger partial charge in [0.2, 0.25) is 5.95 Å². The molecule has 0 aliphatic rings. The smallest absolute Gasteiger partial charge is 0.238 e. The number of aromatic nitrogens is 6. The summed E-state index contributed by atoms with van der Waals surface area (Å²) in [5, 5.41) is 6.99. The highest BCUT2D eigenvalue weighted by molar-refractivity contribution is 7.26. The second-order valence-electron chi connectivity index (χ2n) is 12.7. The zero-order chi connectivity index (χ0) is 33.5. The number of para-hydroxylation sites is 3. The Labute approximate surface area is 295 Å². The van der Waals surface area contributed by atoms with Crippen LogP contribution in [0.15, 0.2) is 158 Å². The van der Waals surface area contributed by atoms with Crippen molar-refractivity contribution in [2.45, 2.75) is 0 Å². The molecule has 11 aromatic rings. The summed E-state index contributed by atoms with van der Waals surface area (Å²) in [6, 6.07) is 52.6. The fourth-order valence-electron chi connectivity index (χ4n) is 7.72. The van der Waals surface area contributed by atoms with Gasteiger partial charge in [-0.2, -0.15) is 9.97 Å². The molecule has 11 rings (SSSR count). The van der Waals surface area contributed by atoms with Crippen LogP contribution < -0.4 is 0 Å². The van der Waals surface area contributed by atoms with Crippen LogP contribution in [-0.4, -0.2) is 29.1 Å². The van der Waals surface area contributed by atoms with Crippen LogP contribution in [-0.2, 0) is 0 Å². The Kier molecular flexibility index (Phi) is 6.02. The fraction of sp³-hybridized carbons (Fsp3) is 0. The van der Waals surface area contributed by atoms with Gasteiger partial charge in [0.05, 0.1) is 22.1 Å². The quantitative estimate of drug-likeness (QED) is 0.187. The van der Waals surface area contributed by atoms with Gasteiger partial charge in [-0.25, -0.2) is 9.97 Å². The molecule has 0 saturated carbocycles. The van der Waals surface area contributed by atoms with Gasteiger partial charge in [-0.05, 0) is 36.4 Å². The van der Waals surface area contributed by atoms with Gasteiger partial charge in [0, 0.05) is 60.0 Å². The van der Waals surface area contributed by atoms with Crippen molar-refractivity contribution in [3.63, 3.8) is 0 Å². The van der Waals surface area contributed by atoms with Crippen molar-refractivity contribution in [2.24, 2.45) is 0 Å². The number of hydrogen-bond donors (Lipinski definition) is 0. The molecule has 0 amide bonds. The number of pyridine rings is 1. The molecular formula is C44H26N6S. The van der Waals surface area contributed by atoms with E-state index in [1.165, 1.54) is 15.5 Å². The molecule has 0 N–H and O–H groups in total. The van der Waals surface area contributed by atoms with Crippen molar-refractivity contribution in [1.29, 1.82) is 0 Å². The van der Waals surface area contributed by atoms with Crippen LogP contribution in [0.5, 0.6) is 0 Å². The number of benzene rings is 6. The van der Waals surface area contributed by atoms with E-state index in [4.69, 9.17) is 19.9 Å². The second kappa shape index (κ2) is 10.9. The molecule has 5 aromatic heterocycles.